The lowest BCUT2D eigenvalue weighted by atomic mass is 10.1. The van der Waals surface area contributed by atoms with Crippen LogP contribution < -0.4 is 4.90 Å². The van der Waals surface area contributed by atoms with Crippen LogP contribution in [0.3, 0.4) is 0 Å². The molecule has 0 fully saturated rings. The van der Waals surface area contributed by atoms with Gasteiger partial charge in [-0.1, -0.05) is 17.4 Å². The van der Waals surface area contributed by atoms with Gasteiger partial charge in [0.25, 0.3) is 5.91 Å². The van der Waals surface area contributed by atoms with E-state index in [1.807, 2.05) is 26.1 Å². The second kappa shape index (κ2) is 9.05. The number of nitrogens with zero attached hydrogens (tertiary/aromatic N) is 5. The molecule has 0 saturated heterocycles. The van der Waals surface area contributed by atoms with Crippen molar-refractivity contribution >= 4 is 42.6 Å². The first-order chi connectivity index (χ1) is 15.7. The Morgan fingerprint density at radius 1 is 1.12 bits per heavy atom. The summed E-state index contributed by atoms with van der Waals surface area (Å²) >= 11 is 1.47. The van der Waals surface area contributed by atoms with Gasteiger partial charge in [0.05, 0.1) is 21.7 Å². The van der Waals surface area contributed by atoms with Crippen molar-refractivity contribution in [3.05, 3.63) is 71.5 Å². The van der Waals surface area contributed by atoms with Crippen LogP contribution in [0.1, 0.15) is 21.5 Å². The molecule has 0 radical (unpaired) electrons. The zero-order valence-electron chi connectivity index (χ0n) is 18.9. The highest BCUT2D eigenvalue weighted by Gasteiger charge is 2.23. The smallest absolute Gasteiger partial charge is 0.260 e. The molecule has 33 heavy (non-hydrogen) atoms. The Morgan fingerprint density at radius 2 is 1.85 bits per heavy atom. The number of carbonyl (C=O) groups excluding carboxylic acids is 1. The quantitative estimate of drug-likeness (QED) is 0.400. The number of amides is 1. The summed E-state index contributed by atoms with van der Waals surface area (Å²) in [5.74, 6) is -0.246. The summed E-state index contributed by atoms with van der Waals surface area (Å²) in [6.07, 6.45) is 3.54. The highest BCUT2D eigenvalue weighted by atomic mass is 32.2. The Labute approximate surface area is 197 Å². The fourth-order valence-electron chi connectivity index (χ4n) is 3.53. The van der Waals surface area contributed by atoms with Crippen molar-refractivity contribution in [1.29, 1.82) is 0 Å². The van der Waals surface area contributed by atoms with Gasteiger partial charge in [-0.05, 0) is 61.4 Å². The van der Waals surface area contributed by atoms with Gasteiger partial charge in [0.15, 0.2) is 5.13 Å². The topological polar surface area (TPSA) is 88.4 Å². The van der Waals surface area contributed by atoms with Crippen LogP contribution in [0.25, 0.3) is 10.2 Å². The van der Waals surface area contributed by atoms with Crippen molar-refractivity contribution in [3.8, 4) is 0 Å². The number of sulfonamides is 1. The lowest BCUT2D eigenvalue weighted by Crippen LogP contribution is -2.34. The Bertz CT molecular complexity index is 1390. The van der Waals surface area contributed by atoms with Gasteiger partial charge in [-0.15, -0.1) is 0 Å². The molecule has 2 heterocycles. The van der Waals surface area contributed by atoms with Crippen molar-refractivity contribution < 1.29 is 13.2 Å². The van der Waals surface area contributed by atoms with Crippen molar-refractivity contribution in [1.82, 2.24) is 19.1 Å². The molecule has 0 N–H and O–H groups in total. The Balaban J connectivity index is 1.70. The van der Waals surface area contributed by atoms with E-state index < -0.39 is 10.0 Å². The van der Waals surface area contributed by atoms with E-state index in [2.05, 4.69) is 17.2 Å². The van der Waals surface area contributed by atoms with Crippen molar-refractivity contribution in [2.45, 2.75) is 25.3 Å². The molecule has 10 heteroatoms. The summed E-state index contributed by atoms with van der Waals surface area (Å²) < 4.78 is 28.7. The van der Waals surface area contributed by atoms with Gasteiger partial charge in [-0.2, -0.15) is 5.10 Å². The summed E-state index contributed by atoms with van der Waals surface area (Å²) in [6, 6.07) is 12.0. The molecule has 0 aliphatic carbocycles. The molecular formula is C23H25N5O3S2. The van der Waals surface area contributed by atoms with E-state index in [1.165, 1.54) is 37.6 Å². The van der Waals surface area contributed by atoms with Gasteiger partial charge in [-0.3, -0.25) is 14.4 Å². The number of aryl methyl sites for hydroxylation is 2. The van der Waals surface area contributed by atoms with Crippen LogP contribution in [0.4, 0.5) is 5.13 Å². The second-order valence-electron chi connectivity index (χ2n) is 7.96. The monoisotopic (exact) mass is 483 g/mol. The molecule has 2 aromatic carbocycles. The molecule has 172 valence electrons. The van der Waals surface area contributed by atoms with Crippen molar-refractivity contribution in [3.63, 3.8) is 0 Å². The van der Waals surface area contributed by atoms with Crippen LogP contribution in [0, 0.1) is 13.8 Å². The molecule has 4 rings (SSSR count). The number of hydrogen-bond donors (Lipinski definition) is 0. The number of fused-ring (bicyclic) bond motifs is 1. The van der Waals surface area contributed by atoms with Crippen molar-refractivity contribution in [2.75, 3.05) is 25.5 Å². The van der Waals surface area contributed by atoms with Crippen LogP contribution in [-0.2, 0) is 16.6 Å². The van der Waals surface area contributed by atoms with Crippen LogP contribution in [0.5, 0.6) is 0 Å². The molecule has 2 aromatic heterocycles. The summed E-state index contributed by atoms with van der Waals surface area (Å²) in [7, 11) is -0.622. The highest BCUT2D eigenvalue weighted by molar-refractivity contribution is 7.89. The first kappa shape index (κ1) is 23.1. The summed E-state index contributed by atoms with van der Waals surface area (Å²) in [5, 5.41) is 4.83. The molecule has 0 atom stereocenters. The zero-order valence-corrected chi connectivity index (χ0v) is 20.5. The average Bonchev–Trinajstić information content (AvgIpc) is 3.44. The van der Waals surface area contributed by atoms with Crippen LogP contribution >= 0.6 is 11.3 Å². The third kappa shape index (κ3) is 4.68. The third-order valence-corrected chi connectivity index (χ3v) is 8.14. The first-order valence-corrected chi connectivity index (χ1v) is 12.6. The van der Waals surface area contributed by atoms with Crippen molar-refractivity contribution in [2.24, 2.45) is 0 Å². The summed E-state index contributed by atoms with van der Waals surface area (Å²) in [4.78, 5) is 20.1. The average molecular weight is 484 g/mol. The summed E-state index contributed by atoms with van der Waals surface area (Å²) in [6.45, 7) is 4.92. The molecule has 0 saturated carbocycles. The number of hydrogen-bond acceptors (Lipinski definition) is 6. The molecule has 4 aromatic rings. The Morgan fingerprint density at radius 3 is 2.48 bits per heavy atom. The molecule has 1 amide bonds. The predicted octanol–water partition coefficient (Wildman–Crippen LogP) is 3.71. The number of thiazole rings is 1. The highest BCUT2D eigenvalue weighted by Crippen LogP contribution is 2.32. The van der Waals surface area contributed by atoms with E-state index in [4.69, 9.17) is 4.98 Å². The largest absolute Gasteiger partial charge is 0.282 e. The lowest BCUT2D eigenvalue weighted by Gasteiger charge is -2.20. The number of benzene rings is 2. The van der Waals surface area contributed by atoms with E-state index in [0.29, 0.717) is 23.8 Å². The first-order valence-electron chi connectivity index (χ1n) is 10.4. The Hall–Kier alpha value is -3.08. The van der Waals surface area contributed by atoms with Gasteiger partial charge in [0, 0.05) is 38.6 Å². The van der Waals surface area contributed by atoms with E-state index in [-0.39, 0.29) is 10.8 Å². The minimum atomic E-state index is -3.57. The maximum absolute atomic E-state index is 13.5. The molecular weight excluding hydrogens is 458 g/mol. The standard InChI is InChI=1S/C23H25N5O3S2/c1-16-14-17(2)21-20(15-16)32-23(25-21)28(13-12-27-11-5-10-24-27)22(29)18-6-8-19(9-7-18)33(30,31)26(3)4/h5-11,14-15H,12-13H2,1-4H3. The minimum absolute atomic E-state index is 0.137. The molecule has 0 unspecified atom stereocenters. The molecule has 0 bridgehead atoms. The maximum Gasteiger partial charge on any atom is 0.260 e. The number of aromatic nitrogens is 3. The van der Waals surface area contributed by atoms with Gasteiger partial charge in [-0.25, -0.2) is 17.7 Å². The van der Waals surface area contributed by atoms with Gasteiger partial charge in [0.2, 0.25) is 10.0 Å². The lowest BCUT2D eigenvalue weighted by molar-refractivity contribution is 0.0985. The molecule has 0 aliphatic heterocycles. The van der Waals surface area contributed by atoms with E-state index >= 15 is 0 Å². The minimum Gasteiger partial charge on any atom is -0.282 e. The number of rotatable bonds is 7. The van der Waals surface area contributed by atoms with E-state index in [9.17, 15) is 13.2 Å². The second-order valence-corrected chi connectivity index (χ2v) is 11.1. The fraction of sp³-hybridized carbons (Fsp3) is 0.261. The van der Waals surface area contributed by atoms with E-state index in [1.54, 1.807) is 27.9 Å². The van der Waals surface area contributed by atoms with E-state index in [0.717, 1.165) is 25.6 Å². The SMILES string of the molecule is Cc1cc(C)c2nc(N(CCn3cccn3)C(=O)c3ccc(S(=O)(=O)N(C)C)cc3)sc2c1. The molecule has 8 nitrogen and oxygen atoms in total. The zero-order chi connectivity index (χ0) is 23.8. The predicted molar refractivity (Wildman–Crippen MR) is 130 cm³/mol. The normalized spacial score (nSPS) is 11.9. The summed E-state index contributed by atoms with van der Waals surface area (Å²) in [5.41, 5.74) is 3.47. The number of anilines is 1. The van der Waals surface area contributed by atoms with Gasteiger partial charge in [0.1, 0.15) is 0 Å². The maximum atomic E-state index is 13.5. The van der Waals surface area contributed by atoms with Crippen LogP contribution in [-0.4, -0.2) is 54.0 Å². The van der Waals surface area contributed by atoms with Gasteiger partial charge >= 0.3 is 0 Å². The molecule has 0 aliphatic rings. The number of carbonyl (C=O) groups is 1. The third-order valence-electron chi connectivity index (χ3n) is 5.29. The van der Waals surface area contributed by atoms with Gasteiger partial charge < -0.3 is 0 Å². The molecule has 0 spiro atoms. The van der Waals surface area contributed by atoms with Crippen LogP contribution in [0.2, 0.25) is 0 Å². The Kier molecular flexibility index (Phi) is 6.33. The van der Waals surface area contributed by atoms with Crippen LogP contribution in [0.15, 0.2) is 59.8 Å². The fourth-order valence-corrected chi connectivity index (χ4v) is 5.60.